The third-order valence-electron chi connectivity index (χ3n) is 6.10. The van der Waals surface area contributed by atoms with Gasteiger partial charge in [0, 0.05) is 29.1 Å². The van der Waals surface area contributed by atoms with E-state index >= 15 is 8.63 Å². The van der Waals surface area contributed by atoms with Crippen LogP contribution in [0, 0.1) is 20.8 Å². The molecule has 0 aliphatic carbocycles. The second kappa shape index (κ2) is 7.40. The molecule has 0 bridgehead atoms. The first-order valence-corrected chi connectivity index (χ1v) is 10.1. The quantitative estimate of drug-likeness (QED) is 0.737. The van der Waals surface area contributed by atoms with Gasteiger partial charge >= 0.3 is 6.97 Å². The van der Waals surface area contributed by atoms with Gasteiger partial charge in [0.1, 0.15) is 12.0 Å². The van der Waals surface area contributed by atoms with Crippen molar-refractivity contribution in [3.63, 3.8) is 0 Å². The molecule has 4 rings (SSSR count). The second-order valence-corrected chi connectivity index (χ2v) is 7.82. The summed E-state index contributed by atoms with van der Waals surface area (Å²) in [5, 5.41) is 0. The number of nitrogens with two attached hydrogens (primary N) is 1. The molecule has 0 fully saturated rings. The first kappa shape index (κ1) is 20.4. The van der Waals surface area contributed by atoms with Crippen LogP contribution in [0.2, 0.25) is 0 Å². The molecule has 1 aromatic heterocycles. The first-order chi connectivity index (χ1) is 14.3. The van der Waals surface area contributed by atoms with Gasteiger partial charge in [0.05, 0.1) is 7.11 Å². The van der Waals surface area contributed by atoms with Crippen LogP contribution in [0.3, 0.4) is 0 Å². The molecule has 2 aliphatic heterocycles. The van der Waals surface area contributed by atoms with E-state index in [1.807, 2.05) is 45.0 Å². The van der Waals surface area contributed by atoms with E-state index in [2.05, 4.69) is 0 Å². The van der Waals surface area contributed by atoms with Gasteiger partial charge in [-0.1, -0.05) is 12.1 Å². The Balaban J connectivity index is 1.85. The third-order valence-corrected chi connectivity index (χ3v) is 6.10. The Morgan fingerprint density at radius 1 is 1.17 bits per heavy atom. The van der Waals surface area contributed by atoms with Gasteiger partial charge < -0.3 is 28.1 Å². The lowest BCUT2D eigenvalue weighted by Crippen LogP contribution is -2.50. The zero-order chi connectivity index (χ0) is 21.6. The third kappa shape index (κ3) is 2.96. The van der Waals surface area contributed by atoms with Crippen LogP contribution in [-0.4, -0.2) is 35.8 Å². The SMILES string of the molecule is COc1ccc(C=Cc2cc(C)c3n2[B-](F)(F)[N+]2=CC=CC2=C3CCN)c(C)c1C. The van der Waals surface area contributed by atoms with Crippen LogP contribution in [0.1, 0.15) is 40.1 Å². The summed E-state index contributed by atoms with van der Waals surface area (Å²) in [5.41, 5.74) is 12.2. The Bertz CT molecular complexity index is 1160. The molecule has 0 saturated carbocycles. The number of hydrogen-bond acceptors (Lipinski definition) is 2. The van der Waals surface area contributed by atoms with E-state index in [1.54, 1.807) is 25.3 Å². The number of nitrogens with zero attached hydrogens (tertiary/aromatic N) is 2. The highest BCUT2D eigenvalue weighted by molar-refractivity contribution is 6.58. The number of aromatic nitrogens is 1. The number of halogens is 2. The lowest BCUT2D eigenvalue weighted by Gasteiger charge is -2.32. The van der Waals surface area contributed by atoms with Crippen molar-refractivity contribution in [3.8, 4) is 5.75 Å². The molecule has 2 N–H and O–H groups in total. The Morgan fingerprint density at radius 3 is 2.63 bits per heavy atom. The molecule has 1 aromatic carbocycles. The molecule has 2 aliphatic rings. The minimum absolute atomic E-state index is 0.402. The van der Waals surface area contributed by atoms with Gasteiger partial charge in [-0.05, 0) is 74.2 Å². The molecule has 156 valence electrons. The minimum atomic E-state index is -3.99. The van der Waals surface area contributed by atoms with Crippen LogP contribution in [0.25, 0.3) is 17.7 Å². The number of allylic oxidation sites excluding steroid dienone is 2. The average Bonchev–Trinajstić information content (AvgIpc) is 3.33. The highest BCUT2D eigenvalue weighted by atomic mass is 19.2. The van der Waals surface area contributed by atoms with E-state index in [-0.39, 0.29) is 0 Å². The molecule has 0 unspecified atom stereocenters. The van der Waals surface area contributed by atoms with E-state index in [9.17, 15) is 0 Å². The van der Waals surface area contributed by atoms with Gasteiger partial charge in [-0.15, -0.1) is 0 Å². The van der Waals surface area contributed by atoms with Crippen molar-refractivity contribution in [2.24, 2.45) is 5.73 Å². The Labute approximate surface area is 175 Å². The number of rotatable bonds is 5. The maximum absolute atomic E-state index is 15.6. The minimum Gasteiger partial charge on any atom is -0.496 e. The van der Waals surface area contributed by atoms with Crippen molar-refractivity contribution in [2.75, 3.05) is 13.7 Å². The van der Waals surface area contributed by atoms with Crippen LogP contribution in [0.5, 0.6) is 5.75 Å². The topological polar surface area (TPSA) is 43.2 Å². The summed E-state index contributed by atoms with van der Waals surface area (Å²) in [6.07, 6.45) is 9.08. The largest absolute Gasteiger partial charge is 0.737 e. The van der Waals surface area contributed by atoms with Gasteiger partial charge in [0.2, 0.25) is 0 Å². The fourth-order valence-electron chi connectivity index (χ4n) is 4.48. The van der Waals surface area contributed by atoms with E-state index < -0.39 is 6.97 Å². The molecule has 0 saturated heterocycles. The second-order valence-electron chi connectivity index (χ2n) is 7.82. The van der Waals surface area contributed by atoms with Gasteiger partial charge in [-0.2, -0.15) is 0 Å². The van der Waals surface area contributed by atoms with E-state index in [0.717, 1.165) is 38.1 Å². The maximum Gasteiger partial charge on any atom is 0.737 e. The van der Waals surface area contributed by atoms with Crippen LogP contribution in [-0.2, 0) is 0 Å². The van der Waals surface area contributed by atoms with Gasteiger partial charge in [-0.3, -0.25) is 0 Å². The van der Waals surface area contributed by atoms with Gasteiger partial charge in [0.15, 0.2) is 5.70 Å². The van der Waals surface area contributed by atoms with Gasteiger partial charge in [0.25, 0.3) is 0 Å². The number of methoxy groups -OCH3 is 1. The molecule has 3 heterocycles. The maximum atomic E-state index is 15.6. The van der Waals surface area contributed by atoms with E-state index in [4.69, 9.17) is 10.5 Å². The standard InChI is InChI=1S/C23H26BF2N3O/c1-15-14-19(9-7-18-8-10-22(30-4)17(3)16(18)2)29-23(15)20(11-12-27)21-6-5-13-28(21)24(29,25)26/h5-10,13-14H,11-12,27H2,1-4H3. The Hall–Kier alpha value is -2.93. The predicted octanol–water partition coefficient (Wildman–Crippen LogP) is 4.54. The van der Waals surface area contributed by atoms with Crippen molar-refractivity contribution in [3.05, 3.63) is 69.7 Å². The number of fused-ring (bicyclic) bond motifs is 2. The van der Waals surface area contributed by atoms with Crippen LogP contribution in [0.4, 0.5) is 8.63 Å². The molecule has 0 radical (unpaired) electrons. The molecular weight excluding hydrogens is 383 g/mol. The van der Waals surface area contributed by atoms with Crippen LogP contribution < -0.4 is 10.5 Å². The fourth-order valence-corrected chi connectivity index (χ4v) is 4.48. The summed E-state index contributed by atoms with van der Waals surface area (Å²) >= 11 is 0. The van der Waals surface area contributed by atoms with Crippen molar-refractivity contribution in [2.45, 2.75) is 27.2 Å². The summed E-state index contributed by atoms with van der Waals surface area (Å²) in [5.74, 6) is 0.816. The van der Waals surface area contributed by atoms with Crippen molar-refractivity contribution in [1.29, 1.82) is 0 Å². The van der Waals surface area contributed by atoms with E-state index in [0.29, 0.717) is 30.1 Å². The molecular formula is C23H26BF2N3O. The summed E-state index contributed by atoms with van der Waals surface area (Å²) in [6, 6.07) is 5.68. The zero-order valence-corrected chi connectivity index (χ0v) is 17.7. The number of aryl methyl sites for hydroxylation is 1. The molecule has 7 heteroatoms. The number of benzene rings is 1. The average molecular weight is 409 g/mol. The fraction of sp³-hybridized carbons (Fsp3) is 0.261. The highest BCUT2D eigenvalue weighted by Crippen LogP contribution is 2.40. The van der Waals surface area contributed by atoms with Crippen molar-refractivity contribution < 1.29 is 17.9 Å². The smallest absolute Gasteiger partial charge is 0.496 e. The van der Waals surface area contributed by atoms with Gasteiger partial charge in [-0.25, -0.2) is 0 Å². The molecule has 30 heavy (non-hydrogen) atoms. The molecule has 0 spiro atoms. The predicted molar refractivity (Wildman–Crippen MR) is 120 cm³/mol. The monoisotopic (exact) mass is 409 g/mol. The van der Waals surface area contributed by atoms with E-state index in [1.165, 1.54) is 10.7 Å². The summed E-state index contributed by atoms with van der Waals surface area (Å²) < 4.78 is 38.8. The summed E-state index contributed by atoms with van der Waals surface area (Å²) in [6.45, 7) is 2.30. The summed E-state index contributed by atoms with van der Waals surface area (Å²) in [4.78, 5) is 0. The van der Waals surface area contributed by atoms with Crippen LogP contribution in [0.15, 0.2) is 36.0 Å². The molecule has 2 aromatic rings. The van der Waals surface area contributed by atoms with Crippen LogP contribution >= 0.6 is 0 Å². The Morgan fingerprint density at radius 2 is 1.93 bits per heavy atom. The molecule has 0 amide bonds. The molecule has 0 atom stereocenters. The molecule has 4 nitrogen and oxygen atoms in total. The zero-order valence-electron chi connectivity index (χ0n) is 17.7. The normalized spacial score (nSPS) is 16.8. The highest BCUT2D eigenvalue weighted by Gasteiger charge is 2.52. The first-order valence-electron chi connectivity index (χ1n) is 10.1. The number of ether oxygens (including phenoxy) is 1. The summed E-state index contributed by atoms with van der Waals surface area (Å²) in [7, 11) is 1.64. The van der Waals surface area contributed by atoms with Crippen molar-refractivity contribution in [1.82, 2.24) is 4.48 Å². The lowest BCUT2D eigenvalue weighted by molar-refractivity contribution is -0.356. The Kier molecular flexibility index (Phi) is 5.02. The van der Waals surface area contributed by atoms with Crippen molar-refractivity contribution >= 4 is 30.9 Å². The lowest BCUT2D eigenvalue weighted by atomic mass is 9.86. The number of hydrogen-bond donors (Lipinski definition) is 1.